The van der Waals surface area contributed by atoms with Crippen LogP contribution in [-0.4, -0.2) is 30.1 Å². The average Bonchev–Trinajstić information content (AvgIpc) is 2.79. The Balaban J connectivity index is 2.02. The van der Waals surface area contributed by atoms with Gasteiger partial charge < -0.3 is 14.3 Å². The lowest BCUT2D eigenvalue weighted by Crippen LogP contribution is -2.16. The molecule has 1 heterocycles. The monoisotopic (exact) mass is 289 g/mol. The van der Waals surface area contributed by atoms with Gasteiger partial charge in [-0.25, -0.2) is 4.79 Å². The van der Waals surface area contributed by atoms with Crippen LogP contribution in [0.2, 0.25) is 0 Å². The van der Waals surface area contributed by atoms with E-state index in [1.807, 2.05) is 31.3 Å². The van der Waals surface area contributed by atoms with Gasteiger partial charge in [0, 0.05) is 12.1 Å². The lowest BCUT2D eigenvalue weighted by atomic mass is 10.2. The Hall–Kier alpha value is -2.27. The van der Waals surface area contributed by atoms with Crippen LogP contribution in [0.4, 0.5) is 0 Å². The molecule has 0 fully saturated rings. The van der Waals surface area contributed by atoms with E-state index in [0.717, 1.165) is 17.9 Å². The average molecular weight is 289 g/mol. The number of rotatable bonds is 6. The first-order valence-electron chi connectivity index (χ1n) is 6.63. The third-order valence-corrected chi connectivity index (χ3v) is 3.18. The van der Waals surface area contributed by atoms with Crippen molar-refractivity contribution >= 4 is 5.97 Å². The van der Waals surface area contributed by atoms with Gasteiger partial charge in [-0.2, -0.15) is 0 Å². The normalized spacial score (nSPS) is 10.9. The van der Waals surface area contributed by atoms with Crippen molar-refractivity contribution < 1.29 is 19.1 Å². The summed E-state index contributed by atoms with van der Waals surface area (Å²) < 4.78 is 10.6. The van der Waals surface area contributed by atoms with Crippen molar-refractivity contribution in [3.8, 4) is 5.75 Å². The fourth-order valence-corrected chi connectivity index (χ4v) is 2.24. The molecular formula is C16H19NO4. The Bertz CT molecular complexity index is 633. The summed E-state index contributed by atoms with van der Waals surface area (Å²) in [6.07, 6.45) is 0. The largest absolute Gasteiger partial charge is 0.497 e. The second-order valence-electron chi connectivity index (χ2n) is 5.05. The van der Waals surface area contributed by atoms with Crippen LogP contribution in [0.25, 0.3) is 0 Å². The molecule has 0 amide bonds. The second-order valence-corrected chi connectivity index (χ2v) is 5.05. The minimum Gasteiger partial charge on any atom is -0.497 e. The summed E-state index contributed by atoms with van der Waals surface area (Å²) >= 11 is 0. The summed E-state index contributed by atoms with van der Waals surface area (Å²) in [7, 11) is 3.60. The minimum absolute atomic E-state index is 0.0137. The number of ether oxygens (including phenoxy) is 1. The van der Waals surface area contributed by atoms with Gasteiger partial charge >= 0.3 is 5.97 Å². The maximum atomic E-state index is 11.0. The number of hydrogen-bond acceptors (Lipinski definition) is 4. The SMILES string of the molecule is COc1cccc(CN(C)Cc2cc(C)c(C(=O)O)o2)c1. The van der Waals surface area contributed by atoms with Crippen LogP contribution >= 0.6 is 0 Å². The van der Waals surface area contributed by atoms with E-state index < -0.39 is 5.97 Å². The van der Waals surface area contributed by atoms with Crippen LogP contribution < -0.4 is 4.74 Å². The molecule has 1 aromatic heterocycles. The standard InChI is InChI=1S/C16H19NO4/c1-11-7-14(21-15(11)16(18)19)10-17(2)9-12-5-4-6-13(8-12)20-3/h4-8H,9-10H2,1-3H3,(H,18,19). The van der Waals surface area contributed by atoms with Crippen LogP contribution in [0.1, 0.15) is 27.4 Å². The summed E-state index contributed by atoms with van der Waals surface area (Å²) in [6.45, 7) is 3.00. The molecule has 0 saturated heterocycles. The van der Waals surface area contributed by atoms with Crippen molar-refractivity contribution in [1.29, 1.82) is 0 Å². The van der Waals surface area contributed by atoms with Gasteiger partial charge in [-0.1, -0.05) is 12.1 Å². The van der Waals surface area contributed by atoms with Crippen molar-refractivity contribution in [1.82, 2.24) is 4.90 Å². The van der Waals surface area contributed by atoms with Gasteiger partial charge in [0.2, 0.25) is 5.76 Å². The van der Waals surface area contributed by atoms with Gasteiger partial charge in [-0.15, -0.1) is 0 Å². The van der Waals surface area contributed by atoms with Gasteiger partial charge in [0.1, 0.15) is 11.5 Å². The first-order chi connectivity index (χ1) is 9.99. The molecule has 0 spiro atoms. The molecule has 0 radical (unpaired) electrons. The fraction of sp³-hybridized carbons (Fsp3) is 0.312. The zero-order valence-corrected chi connectivity index (χ0v) is 12.4. The number of carbonyl (C=O) groups is 1. The van der Waals surface area contributed by atoms with E-state index in [9.17, 15) is 4.79 Å². The molecule has 21 heavy (non-hydrogen) atoms. The van der Waals surface area contributed by atoms with Crippen molar-refractivity contribution in [3.63, 3.8) is 0 Å². The lowest BCUT2D eigenvalue weighted by molar-refractivity contribution is 0.0657. The molecule has 2 aromatic rings. The molecule has 1 N–H and O–H groups in total. The molecule has 0 saturated carbocycles. The van der Waals surface area contributed by atoms with Crippen LogP contribution in [-0.2, 0) is 13.1 Å². The fourth-order valence-electron chi connectivity index (χ4n) is 2.24. The summed E-state index contributed by atoms with van der Waals surface area (Å²) in [5.41, 5.74) is 1.77. The number of benzene rings is 1. The van der Waals surface area contributed by atoms with Crippen molar-refractivity contribution in [3.05, 3.63) is 53.0 Å². The first-order valence-corrected chi connectivity index (χ1v) is 6.63. The number of aromatic carboxylic acids is 1. The van der Waals surface area contributed by atoms with Gasteiger partial charge in [0.05, 0.1) is 13.7 Å². The molecule has 5 nitrogen and oxygen atoms in total. The summed E-state index contributed by atoms with van der Waals surface area (Å²) in [5, 5.41) is 8.98. The molecule has 0 unspecified atom stereocenters. The molecule has 2 rings (SSSR count). The number of aryl methyl sites for hydroxylation is 1. The molecule has 0 aliphatic heterocycles. The van der Waals surface area contributed by atoms with E-state index in [4.69, 9.17) is 14.3 Å². The topological polar surface area (TPSA) is 62.9 Å². The highest BCUT2D eigenvalue weighted by Crippen LogP contribution is 2.18. The van der Waals surface area contributed by atoms with Gasteiger partial charge in [0.15, 0.2) is 0 Å². The van der Waals surface area contributed by atoms with Crippen LogP contribution in [0, 0.1) is 6.92 Å². The van der Waals surface area contributed by atoms with E-state index >= 15 is 0 Å². The molecule has 0 bridgehead atoms. The van der Waals surface area contributed by atoms with Crippen molar-refractivity contribution in [2.75, 3.05) is 14.2 Å². The van der Waals surface area contributed by atoms with Crippen LogP contribution in [0.3, 0.4) is 0 Å². The molecular weight excluding hydrogens is 270 g/mol. The molecule has 1 aromatic carbocycles. The third-order valence-electron chi connectivity index (χ3n) is 3.18. The van der Waals surface area contributed by atoms with Crippen molar-refractivity contribution in [2.24, 2.45) is 0 Å². The lowest BCUT2D eigenvalue weighted by Gasteiger charge is -2.15. The number of hydrogen-bond donors (Lipinski definition) is 1. The zero-order chi connectivity index (χ0) is 15.4. The van der Waals surface area contributed by atoms with E-state index in [0.29, 0.717) is 17.9 Å². The van der Waals surface area contributed by atoms with E-state index in [1.54, 1.807) is 20.1 Å². The Morgan fingerprint density at radius 1 is 1.33 bits per heavy atom. The summed E-state index contributed by atoms with van der Waals surface area (Å²) in [5.74, 6) is 0.451. The number of carboxylic acid groups (broad SMARTS) is 1. The number of carboxylic acids is 1. The Morgan fingerprint density at radius 2 is 2.10 bits per heavy atom. The maximum Gasteiger partial charge on any atom is 0.372 e. The van der Waals surface area contributed by atoms with Crippen molar-refractivity contribution in [2.45, 2.75) is 20.0 Å². The second kappa shape index (κ2) is 6.45. The van der Waals surface area contributed by atoms with Crippen LogP contribution in [0.15, 0.2) is 34.7 Å². The first kappa shape index (κ1) is 15.1. The van der Waals surface area contributed by atoms with E-state index in [1.165, 1.54) is 0 Å². The molecule has 0 aliphatic carbocycles. The van der Waals surface area contributed by atoms with Crippen LogP contribution in [0.5, 0.6) is 5.75 Å². The summed E-state index contributed by atoms with van der Waals surface area (Å²) in [4.78, 5) is 13.0. The molecule has 112 valence electrons. The Kier molecular flexibility index (Phi) is 4.65. The Labute approximate surface area is 123 Å². The predicted molar refractivity (Wildman–Crippen MR) is 78.6 cm³/mol. The van der Waals surface area contributed by atoms with Gasteiger partial charge in [-0.05, 0) is 37.7 Å². The maximum absolute atomic E-state index is 11.0. The molecule has 0 atom stereocenters. The van der Waals surface area contributed by atoms with E-state index in [-0.39, 0.29) is 5.76 Å². The van der Waals surface area contributed by atoms with Gasteiger partial charge in [0.25, 0.3) is 0 Å². The predicted octanol–water partition coefficient (Wildman–Crippen LogP) is 2.93. The number of methoxy groups -OCH3 is 1. The highest BCUT2D eigenvalue weighted by atomic mass is 16.5. The number of nitrogens with zero attached hydrogens (tertiary/aromatic N) is 1. The highest BCUT2D eigenvalue weighted by molar-refractivity contribution is 5.86. The minimum atomic E-state index is -1.03. The Morgan fingerprint density at radius 3 is 2.71 bits per heavy atom. The quantitative estimate of drug-likeness (QED) is 0.886. The smallest absolute Gasteiger partial charge is 0.372 e. The summed E-state index contributed by atoms with van der Waals surface area (Å²) in [6, 6.07) is 9.62. The third kappa shape index (κ3) is 3.86. The highest BCUT2D eigenvalue weighted by Gasteiger charge is 2.15. The number of furan rings is 1. The zero-order valence-electron chi connectivity index (χ0n) is 12.4. The van der Waals surface area contributed by atoms with Gasteiger partial charge in [-0.3, -0.25) is 4.90 Å². The van der Waals surface area contributed by atoms with E-state index in [2.05, 4.69) is 4.90 Å². The molecule has 0 aliphatic rings. The molecule has 5 heteroatoms.